The Kier molecular flexibility index (Phi) is 4.55. The molecule has 2 rings (SSSR count). The second kappa shape index (κ2) is 6.01. The first-order valence-corrected chi connectivity index (χ1v) is 8.44. The standard InChI is InChI=1S/C14H23N3O2S/c1-16(2)13-8-7-12(15)11-14(13)20(18,19)17-9-5-3-4-6-10-17/h7-8,11H,3-6,9-10,15H2,1-2H3. The van der Waals surface area contributed by atoms with E-state index in [0.29, 0.717) is 29.4 Å². The van der Waals surface area contributed by atoms with Crippen molar-refractivity contribution >= 4 is 21.4 Å². The molecule has 0 aliphatic carbocycles. The van der Waals surface area contributed by atoms with Gasteiger partial charge in [0.25, 0.3) is 0 Å². The number of hydrogen-bond donors (Lipinski definition) is 1. The molecule has 1 aliphatic heterocycles. The van der Waals surface area contributed by atoms with E-state index in [9.17, 15) is 8.42 Å². The zero-order valence-electron chi connectivity index (χ0n) is 12.2. The molecule has 0 radical (unpaired) electrons. The molecule has 0 atom stereocenters. The van der Waals surface area contributed by atoms with Crippen LogP contribution in [-0.4, -0.2) is 39.9 Å². The average Bonchev–Trinajstić information content (AvgIpc) is 2.67. The van der Waals surface area contributed by atoms with Crippen LogP contribution in [0.5, 0.6) is 0 Å². The van der Waals surface area contributed by atoms with Crippen molar-refractivity contribution in [3.8, 4) is 0 Å². The Morgan fingerprint density at radius 3 is 2.25 bits per heavy atom. The van der Waals surface area contributed by atoms with Crippen LogP contribution in [0.4, 0.5) is 11.4 Å². The van der Waals surface area contributed by atoms with Gasteiger partial charge in [-0.1, -0.05) is 12.8 Å². The van der Waals surface area contributed by atoms with Crippen molar-refractivity contribution in [2.24, 2.45) is 0 Å². The molecule has 1 aromatic rings. The van der Waals surface area contributed by atoms with Gasteiger partial charge in [-0.15, -0.1) is 0 Å². The van der Waals surface area contributed by atoms with Crippen LogP contribution < -0.4 is 10.6 Å². The maximum atomic E-state index is 12.9. The van der Waals surface area contributed by atoms with Crippen LogP contribution in [0.3, 0.4) is 0 Å². The van der Waals surface area contributed by atoms with Crippen molar-refractivity contribution in [3.63, 3.8) is 0 Å². The summed E-state index contributed by atoms with van der Waals surface area (Å²) in [5, 5.41) is 0. The number of benzene rings is 1. The fourth-order valence-electron chi connectivity index (χ4n) is 2.53. The molecule has 6 heteroatoms. The topological polar surface area (TPSA) is 66.6 Å². The third-order valence-corrected chi connectivity index (χ3v) is 5.58. The fraction of sp³-hybridized carbons (Fsp3) is 0.571. The lowest BCUT2D eigenvalue weighted by Crippen LogP contribution is -2.33. The molecular weight excluding hydrogens is 274 g/mol. The van der Waals surface area contributed by atoms with Gasteiger partial charge >= 0.3 is 0 Å². The Morgan fingerprint density at radius 1 is 1.10 bits per heavy atom. The van der Waals surface area contributed by atoms with Gasteiger partial charge in [0, 0.05) is 32.9 Å². The van der Waals surface area contributed by atoms with Crippen molar-refractivity contribution < 1.29 is 8.42 Å². The SMILES string of the molecule is CN(C)c1ccc(N)cc1S(=O)(=O)N1CCCCCC1. The van der Waals surface area contributed by atoms with Crippen molar-refractivity contribution in [3.05, 3.63) is 18.2 Å². The van der Waals surface area contributed by atoms with Crippen LogP contribution in [0.1, 0.15) is 25.7 Å². The average molecular weight is 297 g/mol. The molecule has 0 bridgehead atoms. The Bertz CT molecular complexity index is 562. The van der Waals surface area contributed by atoms with E-state index >= 15 is 0 Å². The van der Waals surface area contributed by atoms with Crippen LogP contribution in [-0.2, 0) is 10.0 Å². The van der Waals surface area contributed by atoms with Gasteiger partial charge in [-0.05, 0) is 31.0 Å². The van der Waals surface area contributed by atoms with Crippen LogP contribution in [0.15, 0.2) is 23.1 Å². The van der Waals surface area contributed by atoms with Gasteiger partial charge in [0.1, 0.15) is 4.90 Å². The number of nitrogens with zero attached hydrogens (tertiary/aromatic N) is 2. The minimum absolute atomic E-state index is 0.310. The highest BCUT2D eigenvalue weighted by molar-refractivity contribution is 7.89. The molecule has 0 saturated carbocycles. The smallest absolute Gasteiger partial charge is 0.245 e. The van der Waals surface area contributed by atoms with E-state index in [2.05, 4.69) is 0 Å². The number of nitrogen functional groups attached to an aromatic ring is 1. The number of rotatable bonds is 3. The van der Waals surface area contributed by atoms with Crippen molar-refractivity contribution in [1.29, 1.82) is 0 Å². The highest BCUT2D eigenvalue weighted by Gasteiger charge is 2.28. The number of sulfonamides is 1. The number of anilines is 2. The highest BCUT2D eigenvalue weighted by atomic mass is 32.2. The van der Waals surface area contributed by atoms with Gasteiger partial charge in [-0.2, -0.15) is 4.31 Å². The van der Waals surface area contributed by atoms with E-state index < -0.39 is 10.0 Å². The second-order valence-corrected chi connectivity index (χ2v) is 7.35. The van der Waals surface area contributed by atoms with Crippen molar-refractivity contribution in [2.75, 3.05) is 37.8 Å². The molecule has 1 fully saturated rings. The van der Waals surface area contributed by atoms with E-state index in [1.165, 1.54) is 0 Å². The molecule has 1 saturated heterocycles. The van der Waals surface area contributed by atoms with Crippen LogP contribution in [0.25, 0.3) is 0 Å². The lowest BCUT2D eigenvalue weighted by molar-refractivity contribution is 0.424. The van der Waals surface area contributed by atoms with E-state index in [4.69, 9.17) is 5.73 Å². The molecule has 2 N–H and O–H groups in total. The predicted octanol–water partition coefficient (Wildman–Crippen LogP) is 1.90. The molecule has 5 nitrogen and oxygen atoms in total. The molecule has 20 heavy (non-hydrogen) atoms. The monoisotopic (exact) mass is 297 g/mol. The predicted molar refractivity (Wildman–Crippen MR) is 82.4 cm³/mol. The zero-order chi connectivity index (χ0) is 14.8. The van der Waals surface area contributed by atoms with Gasteiger partial charge < -0.3 is 10.6 Å². The largest absolute Gasteiger partial charge is 0.399 e. The van der Waals surface area contributed by atoms with Crippen molar-refractivity contribution in [2.45, 2.75) is 30.6 Å². The minimum Gasteiger partial charge on any atom is -0.399 e. The first-order valence-electron chi connectivity index (χ1n) is 7.00. The third kappa shape index (κ3) is 3.07. The zero-order valence-corrected chi connectivity index (χ0v) is 13.0. The van der Waals surface area contributed by atoms with Crippen LogP contribution in [0.2, 0.25) is 0 Å². The summed E-state index contributed by atoms with van der Waals surface area (Å²) in [5.74, 6) is 0. The molecule has 112 valence electrons. The molecule has 1 aromatic carbocycles. The lowest BCUT2D eigenvalue weighted by Gasteiger charge is -2.24. The summed E-state index contributed by atoms with van der Waals surface area (Å²) in [6.07, 6.45) is 4.06. The summed E-state index contributed by atoms with van der Waals surface area (Å²) in [6, 6.07) is 5.06. The summed E-state index contributed by atoms with van der Waals surface area (Å²) in [5.41, 5.74) is 6.94. The van der Waals surface area contributed by atoms with Crippen molar-refractivity contribution in [1.82, 2.24) is 4.31 Å². The fourth-order valence-corrected chi connectivity index (χ4v) is 4.34. The van der Waals surface area contributed by atoms with E-state index in [0.717, 1.165) is 25.7 Å². The van der Waals surface area contributed by atoms with Gasteiger partial charge in [0.15, 0.2) is 0 Å². The third-order valence-electron chi connectivity index (χ3n) is 3.65. The maximum absolute atomic E-state index is 12.9. The van der Waals surface area contributed by atoms with Crippen LogP contribution >= 0.6 is 0 Å². The molecule has 1 aliphatic rings. The summed E-state index contributed by atoms with van der Waals surface area (Å²) < 4.78 is 27.3. The summed E-state index contributed by atoms with van der Waals surface area (Å²) in [7, 11) is 0.209. The Labute approximate surface area is 121 Å². The van der Waals surface area contributed by atoms with Gasteiger partial charge in [-0.3, -0.25) is 0 Å². The minimum atomic E-state index is -3.47. The molecule has 0 unspecified atom stereocenters. The van der Waals surface area contributed by atoms with E-state index in [1.54, 1.807) is 22.5 Å². The Hall–Kier alpha value is -1.27. The molecular formula is C14H23N3O2S. The van der Waals surface area contributed by atoms with Crippen LogP contribution in [0, 0.1) is 0 Å². The van der Waals surface area contributed by atoms with Gasteiger partial charge in [0.05, 0.1) is 5.69 Å². The Balaban J connectivity index is 2.44. The molecule has 0 spiro atoms. The maximum Gasteiger partial charge on any atom is 0.245 e. The Morgan fingerprint density at radius 2 is 1.70 bits per heavy atom. The molecule has 1 heterocycles. The normalized spacial score (nSPS) is 17.7. The first-order chi connectivity index (χ1) is 9.43. The highest BCUT2D eigenvalue weighted by Crippen LogP contribution is 2.30. The quantitative estimate of drug-likeness (QED) is 0.865. The number of hydrogen-bond acceptors (Lipinski definition) is 4. The van der Waals surface area contributed by atoms with Gasteiger partial charge in [0.2, 0.25) is 10.0 Å². The summed E-state index contributed by atoms with van der Waals surface area (Å²) in [6.45, 7) is 1.20. The van der Waals surface area contributed by atoms with E-state index in [-0.39, 0.29) is 0 Å². The molecule has 0 aromatic heterocycles. The first kappa shape index (κ1) is 15.1. The second-order valence-electron chi connectivity index (χ2n) is 5.44. The lowest BCUT2D eigenvalue weighted by atomic mass is 10.2. The molecule has 0 amide bonds. The van der Waals surface area contributed by atoms with Gasteiger partial charge in [-0.25, -0.2) is 8.42 Å². The summed E-state index contributed by atoms with van der Waals surface area (Å²) >= 11 is 0. The number of nitrogens with two attached hydrogens (primary N) is 1. The van der Waals surface area contributed by atoms with E-state index in [1.807, 2.05) is 19.0 Å². The summed E-state index contributed by atoms with van der Waals surface area (Å²) in [4.78, 5) is 2.12.